The summed E-state index contributed by atoms with van der Waals surface area (Å²) in [6.07, 6.45) is 3.19. The number of hydrogen-bond acceptors (Lipinski definition) is 6. The van der Waals surface area contributed by atoms with Crippen LogP contribution in [0.25, 0.3) is 0 Å². The van der Waals surface area contributed by atoms with Crippen LogP contribution >= 0.6 is 0 Å². The van der Waals surface area contributed by atoms with Gasteiger partial charge in [-0.3, -0.25) is 19.3 Å². The Morgan fingerprint density at radius 3 is 2.54 bits per heavy atom. The van der Waals surface area contributed by atoms with Crippen molar-refractivity contribution in [3.05, 3.63) is 58.9 Å². The van der Waals surface area contributed by atoms with Crippen LogP contribution < -0.4 is 20.1 Å². The second-order valence-electron chi connectivity index (χ2n) is 10.6. The highest BCUT2D eigenvalue weighted by atomic mass is 19.1. The smallest absolute Gasteiger partial charge is 0.258 e. The number of methoxy groups -OCH3 is 1. The molecule has 2 bridgehead atoms. The maximum Gasteiger partial charge on any atom is 0.258 e. The van der Waals surface area contributed by atoms with E-state index < -0.39 is 11.9 Å². The summed E-state index contributed by atoms with van der Waals surface area (Å²) < 4.78 is 25.0. The van der Waals surface area contributed by atoms with Gasteiger partial charge in [0, 0.05) is 39.6 Å². The zero-order valence-corrected chi connectivity index (χ0v) is 24.6. The van der Waals surface area contributed by atoms with Crippen LogP contribution in [0.15, 0.2) is 36.4 Å². The normalized spacial score (nSPS) is 19.3. The molecular weight excluding hydrogens is 527 g/mol. The molecule has 1 aliphatic rings. The fourth-order valence-electron chi connectivity index (χ4n) is 4.80. The minimum Gasteiger partial charge on any atom is -0.493 e. The average molecular weight is 571 g/mol. The second-order valence-corrected chi connectivity index (χ2v) is 10.6. The predicted octanol–water partition coefficient (Wildman–Crippen LogP) is 3.22. The maximum atomic E-state index is 13.9. The number of hydrogen-bond donors (Lipinski definition) is 2. The molecule has 1 aliphatic heterocycles. The lowest BCUT2D eigenvalue weighted by Crippen LogP contribution is -2.47. The van der Waals surface area contributed by atoms with Gasteiger partial charge in [-0.2, -0.15) is 0 Å². The summed E-state index contributed by atoms with van der Waals surface area (Å²) in [5.41, 5.74) is 2.85. The number of nitrogens with one attached hydrogen (secondary N) is 2. The Labute approximate surface area is 242 Å². The third-order valence-electron chi connectivity index (χ3n) is 7.25. The van der Waals surface area contributed by atoms with Crippen molar-refractivity contribution in [3.63, 3.8) is 0 Å². The first-order valence-electron chi connectivity index (χ1n) is 14.2. The predicted molar refractivity (Wildman–Crippen MR) is 155 cm³/mol. The van der Waals surface area contributed by atoms with Gasteiger partial charge in [-0.1, -0.05) is 12.1 Å². The van der Waals surface area contributed by atoms with E-state index in [1.807, 2.05) is 13.0 Å². The summed E-state index contributed by atoms with van der Waals surface area (Å²) in [5, 5.41) is 5.70. The Kier molecular flexibility index (Phi) is 12.4. The van der Waals surface area contributed by atoms with E-state index in [2.05, 4.69) is 15.5 Å². The summed E-state index contributed by atoms with van der Waals surface area (Å²) in [5.74, 6) is -0.0253. The average Bonchev–Trinajstić information content (AvgIpc) is 2.95. The van der Waals surface area contributed by atoms with Crippen molar-refractivity contribution in [2.45, 2.75) is 58.5 Å². The highest BCUT2D eigenvalue weighted by Gasteiger charge is 2.20. The van der Waals surface area contributed by atoms with Crippen molar-refractivity contribution in [3.8, 4) is 11.5 Å². The molecule has 41 heavy (non-hydrogen) atoms. The number of likely N-dealkylation sites (N-methyl/N-ethyl adjacent to an activating group) is 1. The van der Waals surface area contributed by atoms with Gasteiger partial charge in [0.2, 0.25) is 11.8 Å². The Balaban J connectivity index is 1.70. The molecule has 224 valence electrons. The number of halogens is 1. The quantitative estimate of drug-likeness (QED) is 0.588. The number of aryl methyl sites for hydroxylation is 2. The number of ether oxygens (including phenoxy) is 2. The van der Waals surface area contributed by atoms with Gasteiger partial charge < -0.3 is 25.0 Å². The van der Waals surface area contributed by atoms with Crippen molar-refractivity contribution in [2.24, 2.45) is 0 Å². The minimum absolute atomic E-state index is 0.0426. The number of rotatable bonds is 3. The van der Waals surface area contributed by atoms with Gasteiger partial charge in [-0.25, -0.2) is 4.39 Å². The van der Waals surface area contributed by atoms with Crippen molar-refractivity contribution < 1.29 is 28.2 Å². The molecule has 0 spiro atoms. The molecule has 0 radical (unpaired) electrons. The van der Waals surface area contributed by atoms with Crippen LogP contribution in [0.4, 0.5) is 4.39 Å². The summed E-state index contributed by atoms with van der Waals surface area (Å²) >= 11 is 0. The van der Waals surface area contributed by atoms with Gasteiger partial charge in [0.25, 0.3) is 5.91 Å². The van der Waals surface area contributed by atoms with Gasteiger partial charge in [-0.05, 0) is 87.0 Å². The van der Waals surface area contributed by atoms with E-state index in [0.29, 0.717) is 44.0 Å². The van der Waals surface area contributed by atoms with Crippen molar-refractivity contribution in [1.82, 2.24) is 20.4 Å². The fraction of sp³-hybridized carbons (Fsp3) is 0.516. The van der Waals surface area contributed by atoms with Gasteiger partial charge in [-0.15, -0.1) is 0 Å². The zero-order chi connectivity index (χ0) is 29.8. The molecule has 0 saturated heterocycles. The lowest BCUT2D eigenvalue weighted by atomic mass is 10.1. The molecular formula is C31H43FN4O5. The van der Waals surface area contributed by atoms with Crippen LogP contribution in [0.1, 0.15) is 49.3 Å². The molecule has 1 heterocycles. The molecule has 0 aromatic heterocycles. The lowest BCUT2D eigenvalue weighted by Gasteiger charge is -2.25. The summed E-state index contributed by atoms with van der Waals surface area (Å²) in [7, 11) is 3.24. The molecule has 2 N–H and O–H groups in total. The molecule has 0 aliphatic carbocycles. The van der Waals surface area contributed by atoms with Gasteiger partial charge in [0.1, 0.15) is 11.9 Å². The van der Waals surface area contributed by atoms with Crippen molar-refractivity contribution in [1.29, 1.82) is 0 Å². The molecule has 2 aromatic carbocycles. The number of fused-ring (bicyclic) bond motifs is 2. The Morgan fingerprint density at radius 1 is 1.00 bits per heavy atom. The third-order valence-corrected chi connectivity index (χ3v) is 7.25. The highest BCUT2D eigenvalue weighted by molar-refractivity contribution is 5.87. The van der Waals surface area contributed by atoms with Crippen LogP contribution in [0.3, 0.4) is 0 Å². The molecule has 1 atom stereocenters. The van der Waals surface area contributed by atoms with E-state index >= 15 is 0 Å². The molecule has 0 unspecified atom stereocenters. The lowest BCUT2D eigenvalue weighted by molar-refractivity contribution is -0.135. The van der Waals surface area contributed by atoms with E-state index in [1.165, 1.54) is 13.2 Å². The van der Waals surface area contributed by atoms with E-state index in [-0.39, 0.29) is 24.2 Å². The molecule has 0 saturated carbocycles. The maximum absolute atomic E-state index is 13.9. The molecule has 2 aromatic rings. The summed E-state index contributed by atoms with van der Waals surface area (Å²) in [6.45, 7) is 6.57. The number of amides is 3. The summed E-state index contributed by atoms with van der Waals surface area (Å²) in [4.78, 5) is 41.8. The van der Waals surface area contributed by atoms with E-state index in [4.69, 9.17) is 9.47 Å². The van der Waals surface area contributed by atoms with Crippen molar-refractivity contribution in [2.75, 3.05) is 46.9 Å². The monoisotopic (exact) mass is 570 g/mol. The molecule has 0 fully saturated rings. The van der Waals surface area contributed by atoms with Crippen LogP contribution in [0.5, 0.6) is 11.5 Å². The van der Waals surface area contributed by atoms with Crippen LogP contribution in [0.2, 0.25) is 0 Å². The van der Waals surface area contributed by atoms with Crippen LogP contribution in [0, 0.1) is 12.7 Å². The number of benzene rings is 2. The number of carbonyl (C=O) groups excluding carboxylic acids is 3. The van der Waals surface area contributed by atoms with Gasteiger partial charge >= 0.3 is 0 Å². The molecule has 10 heteroatoms. The SMILES string of the molecule is COc1ccc2cc1OCC(=O)N[C@@H](C)C(=O)N(C)CCCCN(Cc1cc(F)ccc1C)CCCNC(=O)CC2. The third kappa shape index (κ3) is 10.4. The first-order valence-corrected chi connectivity index (χ1v) is 14.2. The van der Waals surface area contributed by atoms with Crippen LogP contribution in [-0.2, 0) is 27.3 Å². The minimum atomic E-state index is -0.701. The number of nitrogens with zero attached hydrogens (tertiary/aromatic N) is 2. The fourth-order valence-corrected chi connectivity index (χ4v) is 4.80. The highest BCUT2D eigenvalue weighted by Crippen LogP contribution is 2.28. The topological polar surface area (TPSA) is 100 Å². The Hall–Kier alpha value is -3.66. The van der Waals surface area contributed by atoms with E-state index in [1.54, 1.807) is 43.1 Å². The van der Waals surface area contributed by atoms with E-state index in [9.17, 15) is 18.8 Å². The molecule has 3 amide bonds. The Morgan fingerprint density at radius 2 is 1.76 bits per heavy atom. The largest absolute Gasteiger partial charge is 0.493 e. The van der Waals surface area contributed by atoms with Crippen molar-refractivity contribution >= 4 is 17.7 Å². The zero-order valence-electron chi connectivity index (χ0n) is 24.6. The number of carbonyl (C=O) groups is 3. The Bertz CT molecular complexity index is 1190. The van der Waals surface area contributed by atoms with Crippen LogP contribution in [-0.4, -0.2) is 80.5 Å². The summed E-state index contributed by atoms with van der Waals surface area (Å²) in [6, 6.07) is 9.51. The molecule has 3 rings (SSSR count). The first-order chi connectivity index (χ1) is 19.7. The second kappa shape index (κ2) is 16.0. The van der Waals surface area contributed by atoms with Gasteiger partial charge in [0.15, 0.2) is 18.1 Å². The van der Waals surface area contributed by atoms with Gasteiger partial charge in [0.05, 0.1) is 7.11 Å². The molecule has 9 nitrogen and oxygen atoms in total. The standard InChI is InChI=1S/C31H43FN4O5/c1-22-8-11-26(32)19-25(22)20-36-16-6-5-15-35(3)31(39)23(2)34-30(38)21-41-28-18-24(9-12-27(28)40-4)10-13-29(37)33-14-7-17-36/h8-9,11-12,18-19,23H,5-7,10,13-17,20-21H2,1-4H3,(H,33,37)(H,34,38)/t23-/m0/s1. The first kappa shape index (κ1) is 31.9. The van der Waals surface area contributed by atoms with E-state index in [0.717, 1.165) is 49.0 Å².